The Labute approximate surface area is 135 Å². The van der Waals surface area contributed by atoms with Crippen LogP contribution in [-0.4, -0.2) is 17.8 Å². The van der Waals surface area contributed by atoms with Crippen molar-refractivity contribution in [1.82, 2.24) is 0 Å². The molecule has 0 bridgehead atoms. The smallest absolute Gasteiger partial charge is 0.307 e. The summed E-state index contributed by atoms with van der Waals surface area (Å²) < 4.78 is 0. The summed E-state index contributed by atoms with van der Waals surface area (Å²) >= 11 is 1.82. The molecule has 0 saturated heterocycles. The normalized spacial score (nSPS) is 17.0. The van der Waals surface area contributed by atoms with Gasteiger partial charge in [-0.05, 0) is 37.6 Å². The third kappa shape index (κ3) is 2.97. The molecule has 0 saturated carbocycles. The summed E-state index contributed by atoms with van der Waals surface area (Å²) in [6.07, 6.45) is 0. The van der Waals surface area contributed by atoms with Crippen molar-refractivity contribution in [1.29, 1.82) is 0 Å². The Bertz CT molecular complexity index is 714. The third-order valence-electron chi connectivity index (χ3n) is 3.79. The van der Waals surface area contributed by atoms with Crippen molar-refractivity contribution < 1.29 is 4.79 Å². The Morgan fingerprint density at radius 3 is 2.77 bits per heavy atom. The molecule has 1 atom stereocenters. The van der Waals surface area contributed by atoms with E-state index in [9.17, 15) is 4.79 Å². The fourth-order valence-electron chi connectivity index (χ4n) is 2.72. The van der Waals surface area contributed by atoms with Crippen LogP contribution in [0.3, 0.4) is 0 Å². The van der Waals surface area contributed by atoms with Gasteiger partial charge >= 0.3 is 6.03 Å². The van der Waals surface area contributed by atoms with E-state index in [-0.39, 0.29) is 6.03 Å². The second-order valence-corrected chi connectivity index (χ2v) is 7.24. The maximum Gasteiger partial charge on any atom is 0.326 e. The van der Waals surface area contributed by atoms with Gasteiger partial charge in [0.2, 0.25) is 0 Å². The van der Waals surface area contributed by atoms with Gasteiger partial charge in [0, 0.05) is 22.4 Å². The van der Waals surface area contributed by atoms with Gasteiger partial charge in [0.15, 0.2) is 0 Å². The SMILES string of the molecule is Cc1ccc(NC(=O)N2CC(C)Sc3ccccc32)c(C)c1. The minimum absolute atomic E-state index is 0.0634. The molecule has 0 aliphatic carbocycles. The first-order valence-electron chi connectivity index (χ1n) is 7.46. The molecule has 0 spiro atoms. The minimum atomic E-state index is -0.0634. The van der Waals surface area contributed by atoms with Crippen LogP contribution in [0.4, 0.5) is 16.2 Å². The Hall–Kier alpha value is -1.94. The van der Waals surface area contributed by atoms with Gasteiger partial charge in [0.25, 0.3) is 0 Å². The molecule has 0 radical (unpaired) electrons. The summed E-state index contributed by atoms with van der Waals surface area (Å²) in [6.45, 7) is 6.94. The van der Waals surface area contributed by atoms with Gasteiger partial charge in [0.05, 0.1) is 5.69 Å². The van der Waals surface area contributed by atoms with Crippen LogP contribution >= 0.6 is 11.8 Å². The van der Waals surface area contributed by atoms with E-state index in [1.54, 1.807) is 0 Å². The summed E-state index contributed by atoms with van der Waals surface area (Å²) in [6, 6.07) is 14.1. The van der Waals surface area contributed by atoms with Gasteiger partial charge < -0.3 is 5.32 Å². The summed E-state index contributed by atoms with van der Waals surface area (Å²) in [4.78, 5) is 15.7. The Morgan fingerprint density at radius 2 is 2.00 bits per heavy atom. The average Bonchev–Trinajstić information content (AvgIpc) is 2.49. The van der Waals surface area contributed by atoms with Crippen LogP contribution in [0.1, 0.15) is 18.1 Å². The second kappa shape index (κ2) is 6.05. The van der Waals surface area contributed by atoms with Gasteiger partial charge in [-0.25, -0.2) is 4.79 Å². The van der Waals surface area contributed by atoms with Gasteiger partial charge in [-0.1, -0.05) is 36.8 Å². The molecule has 1 aliphatic heterocycles. The molecule has 2 aromatic carbocycles. The molecule has 1 N–H and O–H groups in total. The zero-order valence-corrected chi connectivity index (χ0v) is 13.9. The highest BCUT2D eigenvalue weighted by Gasteiger charge is 2.26. The number of urea groups is 1. The van der Waals surface area contributed by atoms with Gasteiger partial charge in [-0.2, -0.15) is 0 Å². The molecule has 0 aromatic heterocycles. The fourth-order valence-corrected chi connectivity index (χ4v) is 3.83. The van der Waals surface area contributed by atoms with Crippen molar-refractivity contribution in [3.8, 4) is 0 Å². The van der Waals surface area contributed by atoms with Gasteiger partial charge in [0.1, 0.15) is 0 Å². The second-order valence-electron chi connectivity index (χ2n) is 5.76. The van der Waals surface area contributed by atoms with Crippen molar-refractivity contribution in [2.45, 2.75) is 30.9 Å². The van der Waals surface area contributed by atoms with Crippen molar-refractivity contribution in [3.05, 3.63) is 53.6 Å². The van der Waals surface area contributed by atoms with E-state index in [4.69, 9.17) is 0 Å². The number of carbonyl (C=O) groups is 1. The Kier molecular flexibility index (Phi) is 4.12. The summed E-state index contributed by atoms with van der Waals surface area (Å²) in [5.41, 5.74) is 4.15. The van der Waals surface area contributed by atoms with E-state index in [1.807, 2.05) is 53.9 Å². The number of carbonyl (C=O) groups excluding carboxylic acids is 1. The Balaban J connectivity index is 1.86. The number of para-hydroxylation sites is 1. The molecule has 2 aromatic rings. The fraction of sp³-hybridized carbons (Fsp3) is 0.278. The van der Waals surface area contributed by atoms with Crippen LogP contribution in [-0.2, 0) is 0 Å². The molecule has 0 fully saturated rings. The summed E-state index contributed by atoms with van der Waals surface area (Å²) in [7, 11) is 0. The van der Waals surface area contributed by atoms with Crippen LogP contribution in [0.2, 0.25) is 0 Å². The number of amides is 2. The number of nitrogens with zero attached hydrogens (tertiary/aromatic N) is 1. The van der Waals surface area contributed by atoms with Crippen LogP contribution in [0, 0.1) is 13.8 Å². The van der Waals surface area contributed by atoms with Crippen molar-refractivity contribution in [2.24, 2.45) is 0 Å². The zero-order chi connectivity index (χ0) is 15.7. The van der Waals surface area contributed by atoms with Crippen LogP contribution in [0.5, 0.6) is 0 Å². The minimum Gasteiger partial charge on any atom is -0.307 e. The first kappa shape index (κ1) is 15.0. The third-order valence-corrected chi connectivity index (χ3v) is 4.94. The van der Waals surface area contributed by atoms with E-state index in [0.29, 0.717) is 5.25 Å². The highest BCUT2D eigenvalue weighted by Crippen LogP contribution is 2.38. The first-order valence-corrected chi connectivity index (χ1v) is 8.34. The lowest BCUT2D eigenvalue weighted by molar-refractivity contribution is 0.256. The molecule has 1 aliphatic rings. The van der Waals surface area contributed by atoms with Crippen molar-refractivity contribution in [3.63, 3.8) is 0 Å². The predicted octanol–water partition coefficient (Wildman–Crippen LogP) is 4.84. The summed E-state index contributed by atoms with van der Waals surface area (Å²) in [5, 5.41) is 3.43. The van der Waals surface area contributed by atoms with Gasteiger partial charge in [-0.15, -0.1) is 11.8 Å². The summed E-state index contributed by atoms with van der Waals surface area (Å²) in [5.74, 6) is 0. The average molecular weight is 312 g/mol. The molecule has 4 heteroatoms. The van der Waals surface area contributed by atoms with E-state index >= 15 is 0 Å². The van der Waals surface area contributed by atoms with Gasteiger partial charge in [-0.3, -0.25) is 4.90 Å². The predicted molar refractivity (Wildman–Crippen MR) is 94.0 cm³/mol. The molecule has 3 rings (SSSR count). The zero-order valence-electron chi connectivity index (χ0n) is 13.1. The van der Waals surface area contributed by atoms with E-state index < -0.39 is 0 Å². The van der Waals surface area contributed by atoms with Crippen molar-refractivity contribution in [2.75, 3.05) is 16.8 Å². The van der Waals surface area contributed by atoms with Crippen molar-refractivity contribution >= 4 is 29.2 Å². The number of anilines is 2. The number of aryl methyl sites for hydroxylation is 2. The first-order chi connectivity index (χ1) is 10.5. The molecular formula is C18H20N2OS. The van der Waals surface area contributed by atoms with E-state index in [0.717, 1.165) is 28.4 Å². The highest BCUT2D eigenvalue weighted by atomic mass is 32.2. The number of nitrogens with one attached hydrogen (secondary N) is 1. The number of hydrogen-bond donors (Lipinski definition) is 1. The lowest BCUT2D eigenvalue weighted by Crippen LogP contribution is -2.41. The molecule has 114 valence electrons. The molecule has 22 heavy (non-hydrogen) atoms. The maximum absolute atomic E-state index is 12.7. The monoisotopic (exact) mass is 312 g/mol. The molecule has 1 heterocycles. The van der Waals surface area contributed by atoms with E-state index in [2.05, 4.69) is 31.3 Å². The highest BCUT2D eigenvalue weighted by molar-refractivity contribution is 8.00. The molecule has 1 unspecified atom stereocenters. The maximum atomic E-state index is 12.7. The van der Waals surface area contributed by atoms with Crippen LogP contribution in [0.25, 0.3) is 0 Å². The van der Waals surface area contributed by atoms with Crippen LogP contribution in [0.15, 0.2) is 47.4 Å². The largest absolute Gasteiger partial charge is 0.326 e. The quantitative estimate of drug-likeness (QED) is 0.817. The number of fused-ring (bicyclic) bond motifs is 1. The molecule has 3 nitrogen and oxygen atoms in total. The number of benzene rings is 2. The number of thioether (sulfide) groups is 1. The molecule has 2 amide bonds. The Morgan fingerprint density at radius 1 is 1.23 bits per heavy atom. The van der Waals surface area contributed by atoms with Crippen LogP contribution < -0.4 is 10.2 Å². The van der Waals surface area contributed by atoms with E-state index in [1.165, 1.54) is 5.56 Å². The lowest BCUT2D eigenvalue weighted by Gasteiger charge is -2.32. The topological polar surface area (TPSA) is 32.3 Å². The standard InChI is InChI=1S/C18H20N2OS/c1-12-8-9-15(13(2)10-12)19-18(21)20-11-14(3)22-17-7-5-4-6-16(17)20/h4-10,14H,11H2,1-3H3,(H,19,21). The number of hydrogen-bond acceptors (Lipinski definition) is 2. The number of rotatable bonds is 1. The molecular weight excluding hydrogens is 292 g/mol. The lowest BCUT2D eigenvalue weighted by atomic mass is 10.1.